The third kappa shape index (κ3) is 4.17. The lowest BCUT2D eigenvalue weighted by Crippen LogP contribution is -2.46. The molecule has 152 valence electrons. The highest BCUT2D eigenvalue weighted by molar-refractivity contribution is 5.44. The van der Waals surface area contributed by atoms with Gasteiger partial charge in [-0.2, -0.15) is 0 Å². The molecule has 1 aliphatic carbocycles. The molecule has 4 heteroatoms. The van der Waals surface area contributed by atoms with E-state index in [1.807, 2.05) is 13.8 Å². The Morgan fingerprint density at radius 1 is 1.14 bits per heavy atom. The largest absolute Gasteiger partial charge is 0.504 e. The summed E-state index contributed by atoms with van der Waals surface area (Å²) in [6.45, 7) is 10.3. The molecule has 3 rings (SSSR count). The minimum atomic E-state index is -0.534. The number of ether oxygens (including phenoxy) is 1. The van der Waals surface area contributed by atoms with Gasteiger partial charge in [0, 0.05) is 18.4 Å². The Kier molecular flexibility index (Phi) is 5.46. The van der Waals surface area contributed by atoms with E-state index in [-0.39, 0.29) is 17.1 Å². The highest BCUT2D eigenvalue weighted by atomic mass is 16.5. The average Bonchev–Trinajstić information content (AvgIpc) is 2.70. The Hall–Kier alpha value is -2.07. The summed E-state index contributed by atoms with van der Waals surface area (Å²) >= 11 is 0. The van der Waals surface area contributed by atoms with E-state index in [1.54, 1.807) is 0 Å². The van der Waals surface area contributed by atoms with Crippen LogP contribution in [0.4, 0.5) is 0 Å². The molecule has 0 radical (unpaired) electrons. The third-order valence-corrected chi connectivity index (χ3v) is 6.37. The first kappa shape index (κ1) is 20.7. The van der Waals surface area contributed by atoms with E-state index in [0.717, 1.165) is 23.1 Å². The van der Waals surface area contributed by atoms with Gasteiger partial charge in [0.25, 0.3) is 0 Å². The standard InChI is InChI=1S/C24H32O4/c1-15-7-10-23(3,4)8-6-9-24(5)17(13-19(15)25)12-18-16(2)11-20(26)21(27)14-22(18)28-24/h6-8,11,14,17,19,25H,9-10,12-13H2,1-5H3,(H,26,27)/b8-6+,15-7-/t17-,19+,24-/m0/s1. The van der Waals surface area contributed by atoms with Gasteiger partial charge in [-0.25, -0.2) is 0 Å². The van der Waals surface area contributed by atoms with E-state index in [1.165, 1.54) is 12.1 Å². The normalized spacial score (nSPS) is 32.6. The van der Waals surface area contributed by atoms with Crippen LogP contribution in [0.25, 0.3) is 0 Å². The van der Waals surface area contributed by atoms with E-state index in [0.29, 0.717) is 25.0 Å². The molecule has 0 fully saturated rings. The second kappa shape index (κ2) is 7.40. The van der Waals surface area contributed by atoms with E-state index >= 15 is 0 Å². The molecule has 0 aromatic heterocycles. The van der Waals surface area contributed by atoms with Crippen LogP contribution in [0, 0.1) is 18.3 Å². The Morgan fingerprint density at radius 3 is 2.57 bits per heavy atom. The molecule has 2 N–H and O–H groups in total. The van der Waals surface area contributed by atoms with Crippen LogP contribution in [0.3, 0.4) is 0 Å². The monoisotopic (exact) mass is 384 g/mol. The number of aliphatic hydroxyl groups is 1. The first-order valence-electron chi connectivity index (χ1n) is 10.1. The highest BCUT2D eigenvalue weighted by Gasteiger charge is 2.42. The van der Waals surface area contributed by atoms with Crippen molar-refractivity contribution in [3.05, 3.63) is 57.3 Å². The lowest BCUT2D eigenvalue weighted by molar-refractivity contribution is -0.00739. The lowest BCUT2D eigenvalue weighted by Gasteiger charge is -2.43. The van der Waals surface area contributed by atoms with Crippen molar-refractivity contribution in [2.45, 2.75) is 72.0 Å². The third-order valence-electron chi connectivity index (χ3n) is 6.37. The van der Waals surface area contributed by atoms with Crippen LogP contribution < -0.4 is 10.2 Å². The Morgan fingerprint density at radius 2 is 1.86 bits per heavy atom. The molecule has 0 amide bonds. The van der Waals surface area contributed by atoms with Crippen molar-refractivity contribution in [1.29, 1.82) is 0 Å². The quantitative estimate of drug-likeness (QED) is 0.649. The minimum absolute atomic E-state index is 0.000751. The van der Waals surface area contributed by atoms with Crippen molar-refractivity contribution < 1.29 is 14.9 Å². The molecule has 2 aliphatic rings. The summed E-state index contributed by atoms with van der Waals surface area (Å²) in [7, 11) is 0. The fourth-order valence-electron chi connectivity index (χ4n) is 4.22. The van der Waals surface area contributed by atoms with Gasteiger partial charge < -0.3 is 14.9 Å². The number of aryl methyl sites for hydroxylation is 1. The lowest BCUT2D eigenvalue weighted by atomic mass is 9.75. The molecule has 1 aliphatic heterocycles. The van der Waals surface area contributed by atoms with Crippen LogP contribution in [0.2, 0.25) is 0 Å². The average molecular weight is 385 g/mol. The molecule has 4 nitrogen and oxygen atoms in total. The SMILES string of the molecule is C/C1=C/CC(C)(C)/C=C/C[C@]2(C)Oc3cc(=O)c(O)cc(C)c3C[C@H]2C[C@H]1O. The molecule has 28 heavy (non-hydrogen) atoms. The van der Waals surface area contributed by atoms with Gasteiger partial charge in [-0.05, 0) is 68.2 Å². The van der Waals surface area contributed by atoms with Gasteiger partial charge in [-0.3, -0.25) is 4.79 Å². The Bertz CT molecular complexity index is 881. The molecule has 0 spiro atoms. The maximum absolute atomic E-state index is 12.2. The number of fused-ring (bicyclic) bond motifs is 2. The number of rotatable bonds is 0. The zero-order chi connectivity index (χ0) is 20.7. The number of hydrogen-bond acceptors (Lipinski definition) is 4. The van der Waals surface area contributed by atoms with Crippen molar-refractivity contribution in [1.82, 2.24) is 0 Å². The van der Waals surface area contributed by atoms with Crippen LogP contribution in [-0.2, 0) is 6.42 Å². The number of aromatic hydroxyl groups is 1. The molecular formula is C24H32O4. The number of aliphatic hydroxyl groups excluding tert-OH is 1. The molecule has 1 aromatic rings. The van der Waals surface area contributed by atoms with Crippen LogP contribution in [0.5, 0.6) is 11.5 Å². The first-order valence-corrected chi connectivity index (χ1v) is 10.1. The Labute approximate surface area is 167 Å². The van der Waals surface area contributed by atoms with Crippen LogP contribution in [0.15, 0.2) is 40.7 Å². The molecule has 0 unspecified atom stereocenters. The van der Waals surface area contributed by atoms with E-state index in [4.69, 9.17) is 4.74 Å². The van der Waals surface area contributed by atoms with Gasteiger partial charge in [-0.1, -0.05) is 32.1 Å². The topological polar surface area (TPSA) is 66.8 Å². The zero-order valence-corrected chi connectivity index (χ0v) is 17.6. The second-order valence-corrected chi connectivity index (χ2v) is 9.38. The summed E-state index contributed by atoms with van der Waals surface area (Å²) in [6, 6.07) is 2.92. The zero-order valence-electron chi connectivity index (χ0n) is 17.6. The summed E-state index contributed by atoms with van der Waals surface area (Å²) in [5.74, 6) is 0.372. The number of allylic oxidation sites excluding steroid dienone is 2. The summed E-state index contributed by atoms with van der Waals surface area (Å²) in [4.78, 5) is 12.2. The molecule has 3 atom stereocenters. The van der Waals surface area contributed by atoms with Crippen LogP contribution >= 0.6 is 0 Å². The molecule has 1 aromatic carbocycles. The van der Waals surface area contributed by atoms with Gasteiger partial charge in [0.2, 0.25) is 5.43 Å². The second-order valence-electron chi connectivity index (χ2n) is 9.38. The van der Waals surface area contributed by atoms with Crippen molar-refractivity contribution in [2.75, 3.05) is 0 Å². The van der Waals surface area contributed by atoms with Gasteiger partial charge >= 0.3 is 0 Å². The molecule has 0 bridgehead atoms. The minimum Gasteiger partial charge on any atom is -0.504 e. The molecule has 0 saturated heterocycles. The van der Waals surface area contributed by atoms with Crippen molar-refractivity contribution >= 4 is 0 Å². The van der Waals surface area contributed by atoms with E-state index < -0.39 is 17.1 Å². The van der Waals surface area contributed by atoms with Crippen LogP contribution in [-0.4, -0.2) is 21.9 Å². The van der Waals surface area contributed by atoms with E-state index in [2.05, 4.69) is 39.0 Å². The summed E-state index contributed by atoms with van der Waals surface area (Å²) in [5.41, 5.74) is 1.80. The predicted molar refractivity (Wildman–Crippen MR) is 112 cm³/mol. The highest BCUT2D eigenvalue weighted by Crippen LogP contribution is 2.43. The van der Waals surface area contributed by atoms with Crippen LogP contribution in [0.1, 0.15) is 58.1 Å². The van der Waals surface area contributed by atoms with Crippen molar-refractivity contribution in [3.8, 4) is 11.5 Å². The summed E-state index contributed by atoms with van der Waals surface area (Å²) in [5, 5.41) is 20.8. The molecule has 1 heterocycles. The van der Waals surface area contributed by atoms with Gasteiger partial charge in [0.15, 0.2) is 5.75 Å². The molecular weight excluding hydrogens is 352 g/mol. The molecule has 0 saturated carbocycles. The van der Waals surface area contributed by atoms with Gasteiger partial charge in [-0.15, -0.1) is 0 Å². The fraction of sp³-hybridized carbons (Fsp3) is 0.542. The number of hydrogen-bond donors (Lipinski definition) is 2. The maximum atomic E-state index is 12.2. The van der Waals surface area contributed by atoms with E-state index in [9.17, 15) is 15.0 Å². The fourth-order valence-corrected chi connectivity index (χ4v) is 4.22. The van der Waals surface area contributed by atoms with Gasteiger partial charge in [0.05, 0.1) is 6.10 Å². The van der Waals surface area contributed by atoms with Crippen molar-refractivity contribution in [2.24, 2.45) is 11.3 Å². The predicted octanol–water partition coefficient (Wildman–Crippen LogP) is 4.44. The van der Waals surface area contributed by atoms with Gasteiger partial charge in [0.1, 0.15) is 11.4 Å². The smallest absolute Gasteiger partial charge is 0.223 e. The van der Waals surface area contributed by atoms with Crippen molar-refractivity contribution in [3.63, 3.8) is 0 Å². The Balaban J connectivity index is 2.09. The maximum Gasteiger partial charge on any atom is 0.223 e. The summed E-state index contributed by atoms with van der Waals surface area (Å²) < 4.78 is 6.43. The first-order chi connectivity index (χ1) is 13.0. The summed E-state index contributed by atoms with van der Waals surface area (Å²) in [6.07, 6.45) is 8.88.